The zero-order valence-corrected chi connectivity index (χ0v) is 9.95. The quantitative estimate of drug-likeness (QED) is 0.770. The Labute approximate surface area is 89.8 Å². The van der Waals surface area contributed by atoms with E-state index in [1.54, 1.807) is 0 Å². The van der Waals surface area contributed by atoms with E-state index in [0.717, 1.165) is 13.1 Å². The van der Waals surface area contributed by atoms with Crippen molar-refractivity contribution in [3.05, 3.63) is 16.1 Å². The van der Waals surface area contributed by atoms with Crippen molar-refractivity contribution in [2.75, 3.05) is 13.1 Å². The Hall–Kier alpha value is -0.410. The normalized spacial score (nSPS) is 22.9. The standard InChI is InChI=1S/C11H18N2S/c1-11(2,3)9-7-14-10(13-9)8-4-5-12-6-8/h7-8,12H,4-6H2,1-3H3. The van der Waals surface area contributed by atoms with Crippen molar-refractivity contribution in [1.82, 2.24) is 10.3 Å². The van der Waals surface area contributed by atoms with E-state index in [4.69, 9.17) is 4.98 Å². The van der Waals surface area contributed by atoms with Crippen LogP contribution in [0.25, 0.3) is 0 Å². The van der Waals surface area contributed by atoms with Crippen LogP contribution in [0.4, 0.5) is 0 Å². The average molecular weight is 210 g/mol. The molecule has 0 saturated carbocycles. The fourth-order valence-corrected chi connectivity index (χ4v) is 2.87. The highest BCUT2D eigenvalue weighted by Gasteiger charge is 2.23. The summed E-state index contributed by atoms with van der Waals surface area (Å²) >= 11 is 1.82. The van der Waals surface area contributed by atoms with Crippen LogP contribution < -0.4 is 5.32 Å². The molecule has 1 aliphatic rings. The van der Waals surface area contributed by atoms with Gasteiger partial charge in [-0.3, -0.25) is 0 Å². The van der Waals surface area contributed by atoms with E-state index in [0.29, 0.717) is 5.92 Å². The topological polar surface area (TPSA) is 24.9 Å². The fraction of sp³-hybridized carbons (Fsp3) is 0.727. The molecule has 0 amide bonds. The van der Waals surface area contributed by atoms with Crippen molar-refractivity contribution in [2.24, 2.45) is 0 Å². The predicted octanol–water partition coefficient (Wildman–Crippen LogP) is 2.52. The molecule has 2 nitrogen and oxygen atoms in total. The number of nitrogens with one attached hydrogen (secondary N) is 1. The summed E-state index contributed by atoms with van der Waals surface area (Å²) in [7, 11) is 0. The molecule has 2 rings (SSSR count). The number of hydrogen-bond donors (Lipinski definition) is 1. The summed E-state index contributed by atoms with van der Waals surface area (Å²) in [4.78, 5) is 4.74. The van der Waals surface area contributed by atoms with Gasteiger partial charge in [-0.05, 0) is 13.0 Å². The van der Waals surface area contributed by atoms with Crippen LogP contribution in [0.3, 0.4) is 0 Å². The molecule has 1 aromatic heterocycles. The molecule has 3 heteroatoms. The van der Waals surface area contributed by atoms with Gasteiger partial charge >= 0.3 is 0 Å². The molecule has 1 fully saturated rings. The summed E-state index contributed by atoms with van der Waals surface area (Å²) in [5.74, 6) is 0.663. The molecule has 2 heterocycles. The number of hydrogen-bond acceptors (Lipinski definition) is 3. The van der Waals surface area contributed by atoms with Crippen molar-refractivity contribution >= 4 is 11.3 Å². The van der Waals surface area contributed by atoms with Crippen molar-refractivity contribution in [1.29, 1.82) is 0 Å². The molecule has 14 heavy (non-hydrogen) atoms. The molecule has 0 bridgehead atoms. The van der Waals surface area contributed by atoms with Gasteiger partial charge in [0.25, 0.3) is 0 Å². The minimum Gasteiger partial charge on any atom is -0.316 e. The first kappa shape index (κ1) is 10.1. The molecule has 1 aromatic rings. The van der Waals surface area contributed by atoms with Crippen LogP contribution in [0, 0.1) is 0 Å². The monoisotopic (exact) mass is 210 g/mol. The number of nitrogens with zero attached hydrogens (tertiary/aromatic N) is 1. The lowest BCUT2D eigenvalue weighted by atomic mass is 9.93. The van der Waals surface area contributed by atoms with Gasteiger partial charge in [0.15, 0.2) is 0 Å². The zero-order valence-electron chi connectivity index (χ0n) is 9.13. The van der Waals surface area contributed by atoms with Gasteiger partial charge in [0, 0.05) is 23.3 Å². The summed E-state index contributed by atoms with van der Waals surface area (Å²) in [5, 5.41) is 6.92. The first-order chi connectivity index (χ1) is 6.57. The van der Waals surface area contributed by atoms with E-state index in [9.17, 15) is 0 Å². The molecule has 0 spiro atoms. The SMILES string of the molecule is CC(C)(C)c1csc(C2CCNC2)n1. The number of aromatic nitrogens is 1. The van der Waals surface area contributed by atoms with Crippen LogP contribution in [0.2, 0.25) is 0 Å². The van der Waals surface area contributed by atoms with Crippen LogP contribution in [0.15, 0.2) is 5.38 Å². The summed E-state index contributed by atoms with van der Waals surface area (Å²) in [6, 6.07) is 0. The van der Waals surface area contributed by atoms with E-state index in [2.05, 4.69) is 31.5 Å². The molecule has 0 aromatic carbocycles. The third-order valence-electron chi connectivity index (χ3n) is 2.70. The molecule has 1 atom stereocenters. The van der Waals surface area contributed by atoms with E-state index in [1.165, 1.54) is 17.1 Å². The van der Waals surface area contributed by atoms with Crippen LogP contribution in [-0.4, -0.2) is 18.1 Å². The lowest BCUT2D eigenvalue weighted by Crippen LogP contribution is -2.12. The molecular weight excluding hydrogens is 192 g/mol. The van der Waals surface area contributed by atoms with Gasteiger partial charge < -0.3 is 5.32 Å². The maximum absolute atomic E-state index is 4.74. The van der Waals surface area contributed by atoms with Crippen molar-refractivity contribution in [2.45, 2.75) is 38.5 Å². The third-order valence-corrected chi connectivity index (χ3v) is 3.71. The summed E-state index contributed by atoms with van der Waals surface area (Å²) in [6.45, 7) is 8.92. The van der Waals surface area contributed by atoms with Gasteiger partial charge in [-0.15, -0.1) is 11.3 Å². The molecule has 78 valence electrons. The predicted molar refractivity (Wildman–Crippen MR) is 61.0 cm³/mol. The van der Waals surface area contributed by atoms with Crippen molar-refractivity contribution in [3.63, 3.8) is 0 Å². The van der Waals surface area contributed by atoms with E-state index < -0.39 is 0 Å². The van der Waals surface area contributed by atoms with Crippen molar-refractivity contribution in [3.8, 4) is 0 Å². The highest BCUT2D eigenvalue weighted by Crippen LogP contribution is 2.30. The molecular formula is C11H18N2S. The Balaban J connectivity index is 2.17. The summed E-state index contributed by atoms with van der Waals surface area (Å²) in [6.07, 6.45) is 1.25. The first-order valence-electron chi connectivity index (χ1n) is 5.24. The van der Waals surface area contributed by atoms with E-state index >= 15 is 0 Å². The Kier molecular flexibility index (Phi) is 2.62. The first-order valence-corrected chi connectivity index (χ1v) is 6.12. The smallest absolute Gasteiger partial charge is 0.0972 e. The maximum Gasteiger partial charge on any atom is 0.0972 e. The minimum absolute atomic E-state index is 0.195. The molecule has 1 aliphatic heterocycles. The van der Waals surface area contributed by atoms with Gasteiger partial charge in [-0.25, -0.2) is 4.98 Å². The Morgan fingerprint density at radius 2 is 2.29 bits per heavy atom. The van der Waals surface area contributed by atoms with Gasteiger partial charge in [0.1, 0.15) is 0 Å². The second-order valence-electron chi connectivity index (χ2n) is 5.01. The fourth-order valence-electron chi connectivity index (χ4n) is 1.69. The highest BCUT2D eigenvalue weighted by atomic mass is 32.1. The van der Waals surface area contributed by atoms with Crippen molar-refractivity contribution < 1.29 is 0 Å². The van der Waals surface area contributed by atoms with Gasteiger partial charge in [0.2, 0.25) is 0 Å². The molecule has 1 saturated heterocycles. The second-order valence-corrected chi connectivity index (χ2v) is 5.90. The number of thiazole rings is 1. The largest absolute Gasteiger partial charge is 0.316 e. The number of rotatable bonds is 1. The average Bonchev–Trinajstić information content (AvgIpc) is 2.73. The Morgan fingerprint density at radius 1 is 1.50 bits per heavy atom. The zero-order chi connectivity index (χ0) is 10.2. The van der Waals surface area contributed by atoms with E-state index in [1.807, 2.05) is 11.3 Å². The van der Waals surface area contributed by atoms with Crippen LogP contribution >= 0.6 is 11.3 Å². The molecule has 0 radical (unpaired) electrons. The van der Waals surface area contributed by atoms with Gasteiger partial charge in [-0.1, -0.05) is 20.8 Å². The maximum atomic E-state index is 4.74. The van der Waals surface area contributed by atoms with Gasteiger partial charge in [0.05, 0.1) is 10.7 Å². The summed E-state index contributed by atoms with van der Waals surface area (Å²) in [5.41, 5.74) is 1.44. The highest BCUT2D eigenvalue weighted by molar-refractivity contribution is 7.09. The van der Waals surface area contributed by atoms with Crippen LogP contribution in [0.5, 0.6) is 0 Å². The Bertz CT molecular complexity index is 305. The van der Waals surface area contributed by atoms with Crippen LogP contribution in [-0.2, 0) is 5.41 Å². The lowest BCUT2D eigenvalue weighted by molar-refractivity contribution is 0.568. The molecule has 1 unspecified atom stereocenters. The molecule has 1 N–H and O–H groups in total. The van der Waals surface area contributed by atoms with Gasteiger partial charge in [-0.2, -0.15) is 0 Å². The van der Waals surface area contributed by atoms with Crippen LogP contribution in [0.1, 0.15) is 43.8 Å². The third kappa shape index (κ3) is 1.98. The lowest BCUT2D eigenvalue weighted by Gasteiger charge is -2.14. The second kappa shape index (κ2) is 3.63. The minimum atomic E-state index is 0.195. The summed E-state index contributed by atoms with van der Waals surface area (Å²) < 4.78 is 0. The molecule has 0 aliphatic carbocycles. The van der Waals surface area contributed by atoms with E-state index in [-0.39, 0.29) is 5.41 Å². The Morgan fingerprint density at radius 3 is 2.79 bits per heavy atom.